The fourth-order valence-electron chi connectivity index (χ4n) is 3.92. The number of aromatic amines is 1. The molecule has 0 radical (unpaired) electrons. The van der Waals surface area contributed by atoms with E-state index in [0.29, 0.717) is 17.6 Å². The summed E-state index contributed by atoms with van der Waals surface area (Å²) in [5.74, 6) is 0.924. The number of nitrogens with zero attached hydrogens (tertiary/aromatic N) is 2. The Balaban J connectivity index is 1.65. The largest absolute Gasteiger partial charge is 0.378 e. The second-order valence-electron chi connectivity index (χ2n) is 5.93. The lowest BCUT2D eigenvalue weighted by Crippen LogP contribution is -2.63. The summed E-state index contributed by atoms with van der Waals surface area (Å²) in [6.07, 6.45) is 8.46. The monoisotopic (exact) mass is 264 g/mol. The van der Waals surface area contributed by atoms with E-state index in [2.05, 4.69) is 34.3 Å². The first kappa shape index (κ1) is 13.1. The van der Waals surface area contributed by atoms with Crippen molar-refractivity contribution < 1.29 is 4.74 Å². The van der Waals surface area contributed by atoms with E-state index in [0.717, 1.165) is 18.9 Å². The molecule has 2 aliphatic rings. The third-order valence-electron chi connectivity index (χ3n) is 4.98. The molecule has 2 fully saturated rings. The van der Waals surface area contributed by atoms with Crippen molar-refractivity contribution in [3.8, 4) is 0 Å². The lowest BCUT2D eigenvalue weighted by atomic mass is 9.60. The third-order valence-corrected chi connectivity index (χ3v) is 4.98. The minimum absolute atomic E-state index is 0.229. The van der Waals surface area contributed by atoms with Gasteiger partial charge in [0.2, 0.25) is 0 Å². The standard InChI is InChI=1S/C14H24N4O/c1-3-19-12-8-11(14(12)6-4-5-7-14)17-10(2)13-15-9-16-18-13/h9-12,17H,3-8H2,1-2H3,(H,15,16,18). The average Bonchev–Trinajstić information content (AvgIpc) is 3.09. The van der Waals surface area contributed by atoms with E-state index in [9.17, 15) is 0 Å². The van der Waals surface area contributed by atoms with Gasteiger partial charge in [-0.15, -0.1) is 0 Å². The summed E-state index contributed by atoms with van der Waals surface area (Å²) in [6, 6.07) is 0.791. The number of nitrogens with one attached hydrogen (secondary N) is 2. The molecule has 106 valence electrons. The highest BCUT2D eigenvalue weighted by atomic mass is 16.5. The molecule has 0 amide bonds. The van der Waals surface area contributed by atoms with E-state index in [4.69, 9.17) is 4.74 Å². The van der Waals surface area contributed by atoms with Crippen LogP contribution >= 0.6 is 0 Å². The van der Waals surface area contributed by atoms with Crippen molar-refractivity contribution in [1.29, 1.82) is 0 Å². The maximum atomic E-state index is 5.94. The van der Waals surface area contributed by atoms with Crippen molar-refractivity contribution in [2.45, 2.75) is 64.1 Å². The highest BCUT2D eigenvalue weighted by Gasteiger charge is 2.56. The van der Waals surface area contributed by atoms with Crippen LogP contribution in [-0.4, -0.2) is 33.9 Å². The molecule has 5 heteroatoms. The summed E-state index contributed by atoms with van der Waals surface area (Å²) in [6.45, 7) is 5.08. The van der Waals surface area contributed by atoms with Crippen molar-refractivity contribution in [3.63, 3.8) is 0 Å². The van der Waals surface area contributed by atoms with Gasteiger partial charge in [0.1, 0.15) is 12.2 Å². The molecule has 3 rings (SSSR count). The Hall–Kier alpha value is -0.940. The van der Waals surface area contributed by atoms with Crippen LogP contribution in [0.15, 0.2) is 6.33 Å². The highest BCUT2D eigenvalue weighted by molar-refractivity contribution is 5.11. The molecule has 2 saturated carbocycles. The van der Waals surface area contributed by atoms with Gasteiger partial charge in [-0.25, -0.2) is 4.98 Å². The van der Waals surface area contributed by atoms with Gasteiger partial charge >= 0.3 is 0 Å². The molecule has 1 spiro atoms. The molecule has 0 aliphatic heterocycles. The van der Waals surface area contributed by atoms with E-state index in [1.807, 2.05) is 0 Å². The van der Waals surface area contributed by atoms with Crippen LogP contribution in [-0.2, 0) is 4.74 Å². The summed E-state index contributed by atoms with van der Waals surface area (Å²) in [7, 11) is 0. The van der Waals surface area contributed by atoms with Crippen molar-refractivity contribution >= 4 is 0 Å². The van der Waals surface area contributed by atoms with Crippen molar-refractivity contribution in [1.82, 2.24) is 20.5 Å². The highest BCUT2D eigenvalue weighted by Crippen LogP contribution is 2.55. The van der Waals surface area contributed by atoms with Crippen molar-refractivity contribution in [3.05, 3.63) is 12.2 Å². The molecule has 5 nitrogen and oxygen atoms in total. The summed E-state index contributed by atoms with van der Waals surface area (Å²) >= 11 is 0. The van der Waals surface area contributed by atoms with Crippen LogP contribution in [0.3, 0.4) is 0 Å². The van der Waals surface area contributed by atoms with E-state index in [1.165, 1.54) is 25.7 Å². The summed E-state index contributed by atoms with van der Waals surface area (Å²) in [5, 5.41) is 10.6. The molecule has 2 N–H and O–H groups in total. The van der Waals surface area contributed by atoms with Gasteiger partial charge in [-0.2, -0.15) is 5.10 Å². The Morgan fingerprint density at radius 3 is 2.95 bits per heavy atom. The minimum atomic E-state index is 0.229. The van der Waals surface area contributed by atoms with Crippen LogP contribution in [0.4, 0.5) is 0 Å². The first-order chi connectivity index (χ1) is 9.26. The summed E-state index contributed by atoms with van der Waals surface area (Å²) < 4.78 is 5.94. The maximum Gasteiger partial charge on any atom is 0.141 e. The topological polar surface area (TPSA) is 62.8 Å². The van der Waals surface area contributed by atoms with Gasteiger partial charge in [0.05, 0.1) is 12.1 Å². The quantitative estimate of drug-likeness (QED) is 0.855. The molecule has 0 saturated heterocycles. The van der Waals surface area contributed by atoms with Crippen LogP contribution in [0.1, 0.15) is 57.8 Å². The Morgan fingerprint density at radius 1 is 1.53 bits per heavy atom. The zero-order chi connectivity index (χ0) is 13.3. The number of ether oxygens (including phenoxy) is 1. The van der Waals surface area contributed by atoms with Gasteiger partial charge in [-0.1, -0.05) is 12.8 Å². The molecule has 3 atom stereocenters. The predicted octanol–water partition coefficient (Wildman–Crippen LogP) is 2.19. The second-order valence-corrected chi connectivity index (χ2v) is 5.93. The molecular formula is C14H24N4O. The Kier molecular flexibility index (Phi) is 3.58. The van der Waals surface area contributed by atoms with Crippen LogP contribution in [0.25, 0.3) is 0 Å². The van der Waals surface area contributed by atoms with Crippen LogP contribution in [0, 0.1) is 5.41 Å². The third kappa shape index (κ3) is 2.19. The second kappa shape index (κ2) is 5.21. The van der Waals surface area contributed by atoms with Gasteiger partial charge in [0, 0.05) is 18.1 Å². The predicted molar refractivity (Wildman–Crippen MR) is 72.7 cm³/mol. The molecule has 1 aromatic rings. The zero-order valence-electron chi connectivity index (χ0n) is 11.9. The molecule has 19 heavy (non-hydrogen) atoms. The maximum absolute atomic E-state index is 5.94. The van der Waals surface area contributed by atoms with Gasteiger partial charge in [0.25, 0.3) is 0 Å². The molecule has 2 aliphatic carbocycles. The smallest absolute Gasteiger partial charge is 0.141 e. The number of aromatic nitrogens is 3. The fraction of sp³-hybridized carbons (Fsp3) is 0.857. The van der Waals surface area contributed by atoms with E-state index in [1.54, 1.807) is 6.33 Å². The molecule has 0 bridgehead atoms. The number of hydrogen-bond acceptors (Lipinski definition) is 4. The van der Waals surface area contributed by atoms with Gasteiger partial charge in [-0.3, -0.25) is 5.10 Å². The Bertz CT molecular complexity index is 400. The van der Waals surface area contributed by atoms with Gasteiger partial charge < -0.3 is 10.1 Å². The van der Waals surface area contributed by atoms with Crippen molar-refractivity contribution in [2.75, 3.05) is 6.61 Å². The van der Waals surface area contributed by atoms with E-state index < -0.39 is 0 Å². The average molecular weight is 264 g/mol. The van der Waals surface area contributed by atoms with Crippen LogP contribution in [0.5, 0.6) is 0 Å². The van der Waals surface area contributed by atoms with Crippen molar-refractivity contribution in [2.24, 2.45) is 5.41 Å². The van der Waals surface area contributed by atoms with E-state index >= 15 is 0 Å². The van der Waals surface area contributed by atoms with Crippen LogP contribution in [0.2, 0.25) is 0 Å². The number of rotatable bonds is 5. The first-order valence-corrected chi connectivity index (χ1v) is 7.49. The molecular weight excluding hydrogens is 240 g/mol. The number of hydrogen-bond donors (Lipinski definition) is 2. The number of H-pyrrole nitrogens is 1. The fourth-order valence-corrected chi connectivity index (χ4v) is 3.92. The summed E-state index contributed by atoms with van der Waals surface area (Å²) in [4.78, 5) is 4.24. The minimum Gasteiger partial charge on any atom is -0.378 e. The summed E-state index contributed by atoms with van der Waals surface area (Å²) in [5.41, 5.74) is 0.379. The molecule has 3 unspecified atom stereocenters. The Labute approximate surface area is 114 Å². The molecule has 0 aromatic carbocycles. The first-order valence-electron chi connectivity index (χ1n) is 7.49. The normalized spacial score (nSPS) is 30.4. The molecule has 1 heterocycles. The lowest BCUT2D eigenvalue weighted by molar-refractivity contribution is -0.132. The zero-order valence-corrected chi connectivity index (χ0v) is 11.9. The van der Waals surface area contributed by atoms with Gasteiger partial charge in [0.15, 0.2) is 0 Å². The molecule has 1 aromatic heterocycles. The Morgan fingerprint density at radius 2 is 2.32 bits per heavy atom. The lowest BCUT2D eigenvalue weighted by Gasteiger charge is -2.55. The van der Waals surface area contributed by atoms with Gasteiger partial charge in [-0.05, 0) is 33.1 Å². The van der Waals surface area contributed by atoms with Crippen LogP contribution < -0.4 is 5.32 Å². The van der Waals surface area contributed by atoms with E-state index in [-0.39, 0.29) is 6.04 Å². The SMILES string of the molecule is CCOC1CC(NC(C)c2ncn[nH]2)C12CCCC2.